The fraction of sp³-hybridized carbons (Fsp3) is 0.429. The molecule has 1 aliphatic heterocycles. The number of piperazine rings is 1. The Bertz CT molecular complexity index is 924. The molecule has 3 aromatic rings. The first-order chi connectivity index (χ1) is 13.7. The predicted octanol–water partition coefficient (Wildman–Crippen LogP) is 3.03. The third-order valence-corrected chi connectivity index (χ3v) is 5.46. The SMILES string of the molecule is Cc1ccc(-c2ccc(N3CCN(Cc4nnc(C5CC5)o4)CC3)nn2)cc1. The smallest absolute Gasteiger partial charge is 0.230 e. The summed E-state index contributed by atoms with van der Waals surface area (Å²) < 4.78 is 5.78. The molecule has 0 N–H and O–H groups in total. The molecule has 0 amide bonds. The first kappa shape index (κ1) is 17.3. The van der Waals surface area contributed by atoms with E-state index in [-0.39, 0.29) is 0 Å². The summed E-state index contributed by atoms with van der Waals surface area (Å²) in [5.74, 6) is 3.00. The summed E-state index contributed by atoms with van der Waals surface area (Å²) >= 11 is 0. The van der Waals surface area contributed by atoms with Gasteiger partial charge in [-0.25, -0.2) is 0 Å². The number of aromatic nitrogens is 4. The van der Waals surface area contributed by atoms with Crippen molar-refractivity contribution < 1.29 is 4.42 Å². The van der Waals surface area contributed by atoms with Crippen LogP contribution in [0.1, 0.15) is 36.1 Å². The highest BCUT2D eigenvalue weighted by molar-refractivity contribution is 5.60. The topological polar surface area (TPSA) is 71.2 Å². The highest BCUT2D eigenvalue weighted by atomic mass is 16.4. The van der Waals surface area contributed by atoms with E-state index in [4.69, 9.17) is 4.42 Å². The Morgan fingerprint density at radius 3 is 2.36 bits per heavy atom. The molecule has 7 nitrogen and oxygen atoms in total. The lowest BCUT2D eigenvalue weighted by atomic mass is 10.1. The van der Waals surface area contributed by atoms with Gasteiger partial charge in [0.15, 0.2) is 5.82 Å². The van der Waals surface area contributed by atoms with Crippen LogP contribution in [0.15, 0.2) is 40.8 Å². The van der Waals surface area contributed by atoms with Crippen LogP contribution in [0.3, 0.4) is 0 Å². The van der Waals surface area contributed by atoms with Crippen LogP contribution in [-0.2, 0) is 6.54 Å². The molecule has 1 aromatic carbocycles. The average molecular weight is 376 g/mol. The number of anilines is 1. The second-order valence-corrected chi connectivity index (χ2v) is 7.71. The van der Waals surface area contributed by atoms with E-state index in [0.29, 0.717) is 5.92 Å². The number of hydrogen-bond acceptors (Lipinski definition) is 7. The van der Waals surface area contributed by atoms with Gasteiger partial charge < -0.3 is 9.32 Å². The van der Waals surface area contributed by atoms with Crippen molar-refractivity contribution in [3.8, 4) is 11.3 Å². The van der Waals surface area contributed by atoms with Crippen molar-refractivity contribution in [3.05, 3.63) is 53.7 Å². The summed E-state index contributed by atoms with van der Waals surface area (Å²) in [5.41, 5.74) is 3.25. The van der Waals surface area contributed by atoms with Gasteiger partial charge in [0.1, 0.15) is 0 Å². The van der Waals surface area contributed by atoms with E-state index in [2.05, 4.69) is 73.5 Å². The van der Waals surface area contributed by atoms with E-state index in [1.165, 1.54) is 18.4 Å². The first-order valence-electron chi connectivity index (χ1n) is 9.95. The molecule has 7 heteroatoms. The molecule has 1 saturated heterocycles. The predicted molar refractivity (Wildman–Crippen MR) is 106 cm³/mol. The minimum Gasteiger partial charge on any atom is -0.424 e. The molecule has 0 spiro atoms. The van der Waals surface area contributed by atoms with Crippen LogP contribution >= 0.6 is 0 Å². The molecular weight excluding hydrogens is 352 g/mol. The summed E-state index contributed by atoms with van der Waals surface area (Å²) in [4.78, 5) is 4.64. The summed E-state index contributed by atoms with van der Waals surface area (Å²) in [6.45, 7) is 6.55. The normalized spacial score (nSPS) is 17.8. The van der Waals surface area contributed by atoms with Gasteiger partial charge in [-0.2, -0.15) is 0 Å². The Morgan fingerprint density at radius 2 is 1.68 bits per heavy atom. The van der Waals surface area contributed by atoms with Crippen LogP contribution in [0.5, 0.6) is 0 Å². The van der Waals surface area contributed by atoms with E-state index >= 15 is 0 Å². The largest absolute Gasteiger partial charge is 0.424 e. The first-order valence-corrected chi connectivity index (χ1v) is 9.95. The Labute approximate surface area is 164 Å². The van der Waals surface area contributed by atoms with Crippen LogP contribution in [0.25, 0.3) is 11.3 Å². The zero-order valence-corrected chi connectivity index (χ0v) is 16.1. The Hall–Kier alpha value is -2.80. The van der Waals surface area contributed by atoms with Gasteiger partial charge in [-0.05, 0) is 31.9 Å². The lowest BCUT2D eigenvalue weighted by Gasteiger charge is -2.34. The summed E-state index contributed by atoms with van der Waals surface area (Å²) in [7, 11) is 0. The monoisotopic (exact) mass is 376 g/mol. The second-order valence-electron chi connectivity index (χ2n) is 7.71. The molecule has 2 aliphatic rings. The van der Waals surface area contributed by atoms with E-state index in [1.54, 1.807) is 0 Å². The van der Waals surface area contributed by atoms with Gasteiger partial charge in [-0.1, -0.05) is 29.8 Å². The van der Waals surface area contributed by atoms with Crippen molar-refractivity contribution in [2.45, 2.75) is 32.2 Å². The fourth-order valence-corrected chi connectivity index (χ4v) is 3.52. The Morgan fingerprint density at radius 1 is 0.893 bits per heavy atom. The van der Waals surface area contributed by atoms with Crippen molar-refractivity contribution in [2.24, 2.45) is 0 Å². The molecular formula is C21H24N6O. The zero-order valence-electron chi connectivity index (χ0n) is 16.1. The van der Waals surface area contributed by atoms with E-state index < -0.39 is 0 Å². The van der Waals surface area contributed by atoms with Crippen molar-refractivity contribution in [3.63, 3.8) is 0 Å². The second kappa shape index (κ2) is 7.31. The van der Waals surface area contributed by atoms with Crippen LogP contribution in [-0.4, -0.2) is 51.5 Å². The number of nitrogens with zero attached hydrogens (tertiary/aromatic N) is 6. The van der Waals surface area contributed by atoms with Crippen LogP contribution < -0.4 is 4.90 Å². The lowest BCUT2D eigenvalue weighted by Crippen LogP contribution is -2.46. The molecule has 3 heterocycles. The zero-order chi connectivity index (χ0) is 18.9. The Balaban J connectivity index is 1.17. The van der Waals surface area contributed by atoms with E-state index in [9.17, 15) is 0 Å². The minimum atomic E-state index is 0.513. The number of hydrogen-bond donors (Lipinski definition) is 0. The van der Waals surface area contributed by atoms with Crippen LogP contribution in [0.4, 0.5) is 5.82 Å². The maximum Gasteiger partial charge on any atom is 0.230 e. The fourth-order valence-electron chi connectivity index (χ4n) is 3.52. The molecule has 1 aliphatic carbocycles. The molecule has 0 atom stereocenters. The highest BCUT2D eigenvalue weighted by Gasteiger charge is 2.29. The van der Waals surface area contributed by atoms with Gasteiger partial charge in [0.05, 0.1) is 12.2 Å². The van der Waals surface area contributed by atoms with Crippen LogP contribution in [0, 0.1) is 6.92 Å². The molecule has 0 radical (unpaired) electrons. The maximum atomic E-state index is 5.78. The number of aryl methyl sites for hydroxylation is 1. The van der Waals surface area contributed by atoms with Crippen molar-refractivity contribution >= 4 is 5.82 Å². The third kappa shape index (κ3) is 3.75. The maximum absolute atomic E-state index is 5.78. The molecule has 0 unspecified atom stereocenters. The molecule has 5 rings (SSSR count). The standard InChI is InChI=1S/C21H24N6O/c1-15-2-4-16(5-3-15)18-8-9-19(23-22-18)27-12-10-26(11-13-27)14-20-24-25-21(28-20)17-6-7-17/h2-5,8-9,17H,6-7,10-14H2,1H3. The van der Waals surface area contributed by atoms with Crippen molar-refractivity contribution in [1.82, 2.24) is 25.3 Å². The third-order valence-electron chi connectivity index (χ3n) is 5.46. The van der Waals surface area contributed by atoms with Gasteiger partial charge in [0.2, 0.25) is 11.8 Å². The summed E-state index contributed by atoms with van der Waals surface area (Å²) in [6, 6.07) is 12.5. The molecule has 2 aromatic heterocycles. The molecule has 144 valence electrons. The van der Waals surface area contributed by atoms with Crippen LogP contribution in [0.2, 0.25) is 0 Å². The van der Waals surface area contributed by atoms with Gasteiger partial charge >= 0.3 is 0 Å². The molecule has 2 fully saturated rings. The van der Waals surface area contributed by atoms with Gasteiger partial charge in [0, 0.05) is 37.7 Å². The minimum absolute atomic E-state index is 0.513. The molecule has 28 heavy (non-hydrogen) atoms. The van der Waals surface area contributed by atoms with Crippen molar-refractivity contribution in [2.75, 3.05) is 31.1 Å². The lowest BCUT2D eigenvalue weighted by molar-refractivity contribution is 0.223. The van der Waals surface area contributed by atoms with E-state index in [1.807, 2.05) is 0 Å². The van der Waals surface area contributed by atoms with Crippen molar-refractivity contribution in [1.29, 1.82) is 0 Å². The van der Waals surface area contributed by atoms with Gasteiger partial charge in [-0.15, -0.1) is 20.4 Å². The quantitative estimate of drug-likeness (QED) is 0.678. The number of benzene rings is 1. The molecule has 1 saturated carbocycles. The van der Waals surface area contributed by atoms with Gasteiger partial charge in [0.25, 0.3) is 0 Å². The molecule has 0 bridgehead atoms. The van der Waals surface area contributed by atoms with Gasteiger partial charge in [-0.3, -0.25) is 4.90 Å². The summed E-state index contributed by atoms with van der Waals surface area (Å²) in [6.07, 6.45) is 2.37. The van der Waals surface area contributed by atoms with E-state index in [0.717, 1.165) is 61.6 Å². The summed E-state index contributed by atoms with van der Waals surface area (Å²) in [5, 5.41) is 17.3. The highest BCUT2D eigenvalue weighted by Crippen LogP contribution is 2.39. The number of rotatable bonds is 5. The average Bonchev–Trinajstić information content (AvgIpc) is 3.49. The Kier molecular flexibility index (Phi) is 4.52.